The maximum atomic E-state index is 12.7. The van der Waals surface area contributed by atoms with Crippen LogP contribution in [0.3, 0.4) is 0 Å². The van der Waals surface area contributed by atoms with Gasteiger partial charge in [-0.2, -0.15) is 5.26 Å². The summed E-state index contributed by atoms with van der Waals surface area (Å²) >= 11 is 5.97. The number of rotatable bonds is 4. The molecule has 1 amide bonds. The number of nitriles is 1. The van der Waals surface area contributed by atoms with Crippen molar-refractivity contribution in [1.82, 2.24) is 9.88 Å². The minimum atomic E-state index is -0.819. The van der Waals surface area contributed by atoms with Crippen LogP contribution in [0.4, 0.5) is 0 Å². The molecule has 0 spiro atoms. The second-order valence-electron chi connectivity index (χ2n) is 5.60. The molecule has 106 valence electrons. The fraction of sp³-hybridized carbons (Fsp3) is 0.533. The number of carbonyl (C=O) groups is 1. The first-order valence-corrected chi connectivity index (χ1v) is 7.18. The zero-order chi connectivity index (χ0) is 14.9. The monoisotopic (exact) mass is 291 g/mol. The van der Waals surface area contributed by atoms with Gasteiger partial charge >= 0.3 is 0 Å². The van der Waals surface area contributed by atoms with Crippen LogP contribution in [0.15, 0.2) is 12.1 Å². The third-order valence-electron chi connectivity index (χ3n) is 3.46. The Morgan fingerprint density at radius 2 is 2.20 bits per heavy atom. The lowest BCUT2D eigenvalue weighted by Crippen LogP contribution is -2.48. The predicted molar refractivity (Wildman–Crippen MR) is 77.5 cm³/mol. The van der Waals surface area contributed by atoms with E-state index in [9.17, 15) is 10.1 Å². The lowest BCUT2D eigenvalue weighted by Gasteiger charge is -2.33. The van der Waals surface area contributed by atoms with Crippen LogP contribution in [0, 0.1) is 11.3 Å². The molecule has 0 unspecified atom stereocenters. The fourth-order valence-electron chi connectivity index (χ4n) is 2.26. The van der Waals surface area contributed by atoms with Gasteiger partial charge in [0.2, 0.25) is 0 Å². The molecule has 1 aliphatic rings. The van der Waals surface area contributed by atoms with Gasteiger partial charge in [-0.1, -0.05) is 18.5 Å². The van der Waals surface area contributed by atoms with Crippen molar-refractivity contribution in [2.45, 2.75) is 51.6 Å². The van der Waals surface area contributed by atoms with Crippen molar-refractivity contribution >= 4 is 17.5 Å². The largest absolute Gasteiger partial charge is 0.317 e. The van der Waals surface area contributed by atoms with E-state index >= 15 is 0 Å². The highest BCUT2D eigenvalue weighted by atomic mass is 35.5. The highest BCUT2D eigenvalue weighted by molar-refractivity contribution is 6.29. The third-order valence-corrected chi connectivity index (χ3v) is 3.66. The summed E-state index contributed by atoms with van der Waals surface area (Å²) in [6, 6.07) is 5.71. The molecule has 1 heterocycles. The molecule has 0 bridgehead atoms. The quantitative estimate of drug-likeness (QED) is 0.801. The molecule has 0 radical (unpaired) electrons. The molecule has 1 aliphatic carbocycles. The van der Waals surface area contributed by atoms with Gasteiger partial charge < -0.3 is 4.90 Å². The molecular formula is C15H18ClN3O. The minimum Gasteiger partial charge on any atom is -0.317 e. The average Bonchev–Trinajstić information content (AvgIpc) is 3.22. The summed E-state index contributed by atoms with van der Waals surface area (Å²) in [5, 5.41) is 9.63. The number of hydrogen-bond acceptors (Lipinski definition) is 3. The van der Waals surface area contributed by atoms with Gasteiger partial charge in [-0.3, -0.25) is 4.79 Å². The van der Waals surface area contributed by atoms with E-state index in [0.717, 1.165) is 18.5 Å². The molecule has 1 aromatic rings. The van der Waals surface area contributed by atoms with Gasteiger partial charge in [-0.15, -0.1) is 0 Å². The van der Waals surface area contributed by atoms with E-state index in [1.54, 1.807) is 30.9 Å². The second-order valence-corrected chi connectivity index (χ2v) is 5.99. The summed E-state index contributed by atoms with van der Waals surface area (Å²) in [7, 11) is 0. The van der Waals surface area contributed by atoms with Crippen LogP contribution in [0.1, 0.15) is 49.7 Å². The highest BCUT2D eigenvalue weighted by Crippen LogP contribution is 2.34. The Kier molecular flexibility index (Phi) is 4.01. The van der Waals surface area contributed by atoms with Crippen LogP contribution in [0.25, 0.3) is 0 Å². The Balaban J connectivity index is 2.38. The van der Waals surface area contributed by atoms with Crippen LogP contribution in [0.5, 0.6) is 0 Å². The number of hydrogen-bond donors (Lipinski definition) is 0. The minimum absolute atomic E-state index is 0.141. The number of nitrogens with zero attached hydrogens (tertiary/aromatic N) is 3. The molecule has 1 saturated carbocycles. The Labute approximate surface area is 124 Å². The summed E-state index contributed by atoms with van der Waals surface area (Å²) in [6.07, 6.45) is 2.62. The Morgan fingerprint density at radius 3 is 2.70 bits per heavy atom. The Hall–Kier alpha value is -1.60. The van der Waals surface area contributed by atoms with Gasteiger partial charge in [0.15, 0.2) is 0 Å². The summed E-state index contributed by atoms with van der Waals surface area (Å²) in [6.45, 7) is 5.50. The summed E-state index contributed by atoms with van der Waals surface area (Å²) in [5.41, 5.74) is 0.476. The van der Waals surface area contributed by atoms with Crippen LogP contribution in [-0.2, 0) is 6.42 Å². The molecule has 5 heteroatoms. The number of pyridine rings is 1. The molecule has 0 atom stereocenters. The number of amides is 1. The smallest absolute Gasteiger partial charge is 0.255 e. The topological polar surface area (TPSA) is 57.0 Å². The Bertz CT molecular complexity index is 573. The molecule has 2 rings (SSSR count). The highest BCUT2D eigenvalue weighted by Gasteiger charge is 2.42. The first-order chi connectivity index (χ1) is 9.39. The lowest BCUT2D eigenvalue weighted by atomic mass is 10.0. The van der Waals surface area contributed by atoms with Crippen molar-refractivity contribution in [3.8, 4) is 6.07 Å². The summed E-state index contributed by atoms with van der Waals surface area (Å²) < 4.78 is 0. The van der Waals surface area contributed by atoms with E-state index in [4.69, 9.17) is 11.6 Å². The van der Waals surface area contributed by atoms with E-state index in [1.807, 2.05) is 6.92 Å². The lowest BCUT2D eigenvalue weighted by molar-refractivity contribution is 0.0615. The second kappa shape index (κ2) is 5.41. The molecule has 20 heavy (non-hydrogen) atoms. The number of carbonyl (C=O) groups excluding carboxylic acids is 1. The standard InChI is InChI=1S/C15H18ClN3O/c1-4-11-7-10(8-13(16)18-11)14(20)19(12-5-6-12)15(2,3)9-17/h7-8,12H,4-6H2,1-3H3. The molecule has 4 nitrogen and oxygen atoms in total. The van der Waals surface area contributed by atoms with Gasteiger partial charge in [-0.05, 0) is 45.2 Å². The van der Waals surface area contributed by atoms with E-state index in [-0.39, 0.29) is 11.9 Å². The molecule has 0 N–H and O–H groups in total. The molecule has 0 aromatic carbocycles. The zero-order valence-corrected chi connectivity index (χ0v) is 12.7. The van der Waals surface area contributed by atoms with Gasteiger partial charge in [0.25, 0.3) is 5.91 Å². The maximum Gasteiger partial charge on any atom is 0.255 e. The normalized spacial score (nSPS) is 14.8. The first-order valence-electron chi connectivity index (χ1n) is 6.80. The van der Waals surface area contributed by atoms with Crippen molar-refractivity contribution < 1.29 is 4.79 Å². The van der Waals surface area contributed by atoms with E-state index in [2.05, 4.69) is 11.1 Å². The SMILES string of the molecule is CCc1cc(C(=O)N(C2CC2)C(C)(C)C#N)cc(Cl)n1. The average molecular weight is 292 g/mol. The molecule has 1 fully saturated rings. The number of aryl methyl sites for hydroxylation is 1. The van der Waals surface area contributed by atoms with Crippen LogP contribution < -0.4 is 0 Å². The van der Waals surface area contributed by atoms with E-state index < -0.39 is 5.54 Å². The molecular weight excluding hydrogens is 274 g/mol. The Morgan fingerprint density at radius 1 is 1.55 bits per heavy atom. The van der Waals surface area contributed by atoms with Crippen LogP contribution in [-0.4, -0.2) is 27.4 Å². The molecule has 1 aromatic heterocycles. The number of aromatic nitrogens is 1. The van der Waals surface area contributed by atoms with Crippen molar-refractivity contribution in [1.29, 1.82) is 5.26 Å². The van der Waals surface area contributed by atoms with E-state index in [1.165, 1.54) is 0 Å². The fourth-order valence-corrected chi connectivity index (χ4v) is 2.48. The van der Waals surface area contributed by atoms with Gasteiger partial charge in [0.1, 0.15) is 10.7 Å². The van der Waals surface area contributed by atoms with Crippen molar-refractivity contribution in [3.63, 3.8) is 0 Å². The summed E-state index contributed by atoms with van der Waals surface area (Å²) in [4.78, 5) is 18.6. The van der Waals surface area contributed by atoms with Gasteiger partial charge in [0, 0.05) is 17.3 Å². The van der Waals surface area contributed by atoms with E-state index in [0.29, 0.717) is 17.1 Å². The van der Waals surface area contributed by atoms with Crippen LogP contribution >= 0.6 is 11.6 Å². The van der Waals surface area contributed by atoms with Crippen LogP contribution in [0.2, 0.25) is 5.15 Å². The molecule has 0 aliphatic heterocycles. The zero-order valence-electron chi connectivity index (χ0n) is 12.0. The first kappa shape index (κ1) is 14.8. The predicted octanol–water partition coefficient (Wildman–Crippen LogP) is 3.20. The van der Waals surface area contributed by atoms with Gasteiger partial charge in [-0.25, -0.2) is 4.98 Å². The number of halogens is 1. The van der Waals surface area contributed by atoms with Crippen molar-refractivity contribution in [2.24, 2.45) is 0 Å². The molecule has 0 saturated heterocycles. The van der Waals surface area contributed by atoms with Crippen molar-refractivity contribution in [2.75, 3.05) is 0 Å². The maximum absolute atomic E-state index is 12.7. The van der Waals surface area contributed by atoms with Gasteiger partial charge in [0.05, 0.1) is 6.07 Å². The van der Waals surface area contributed by atoms with Crippen molar-refractivity contribution in [3.05, 3.63) is 28.5 Å². The summed E-state index contributed by atoms with van der Waals surface area (Å²) in [5.74, 6) is -0.141. The third kappa shape index (κ3) is 2.94.